The van der Waals surface area contributed by atoms with Crippen LogP contribution >= 0.6 is 0 Å². The van der Waals surface area contributed by atoms with E-state index >= 15 is 0 Å². The molecule has 1 aromatic carbocycles. The van der Waals surface area contributed by atoms with Gasteiger partial charge in [-0.3, -0.25) is 4.90 Å². The number of ether oxygens (including phenoxy) is 2. The summed E-state index contributed by atoms with van der Waals surface area (Å²) in [7, 11) is 3.83. The van der Waals surface area contributed by atoms with Crippen molar-refractivity contribution in [1.82, 2.24) is 20.0 Å². The molecular weight excluding hydrogens is 332 g/mol. The minimum atomic E-state index is 0.000870. The average molecular weight is 362 g/mol. The molecule has 2 aliphatic rings. The first-order valence-electron chi connectivity index (χ1n) is 9.34. The number of rotatable bonds is 5. The molecule has 26 heavy (non-hydrogen) atoms. The zero-order valence-corrected chi connectivity index (χ0v) is 15.8. The van der Waals surface area contributed by atoms with Crippen LogP contribution < -0.4 is 10.1 Å². The SMILES string of the molecule is COc1ccc(C(CNC(=O)N2CCOCC2)N2CCN(C)CC2)cc1. The van der Waals surface area contributed by atoms with E-state index in [1.807, 2.05) is 17.0 Å². The van der Waals surface area contributed by atoms with Gasteiger partial charge < -0.3 is 24.6 Å². The summed E-state index contributed by atoms with van der Waals surface area (Å²) < 4.78 is 10.6. The van der Waals surface area contributed by atoms with E-state index in [4.69, 9.17) is 9.47 Å². The topological polar surface area (TPSA) is 57.3 Å². The van der Waals surface area contributed by atoms with Crippen LogP contribution in [0.15, 0.2) is 24.3 Å². The lowest BCUT2D eigenvalue weighted by Gasteiger charge is -2.38. The quantitative estimate of drug-likeness (QED) is 0.848. The number of methoxy groups -OCH3 is 1. The Labute approximate surface area is 155 Å². The number of carbonyl (C=O) groups is 1. The third-order valence-electron chi connectivity index (χ3n) is 5.22. The second-order valence-electron chi connectivity index (χ2n) is 6.91. The van der Waals surface area contributed by atoms with Gasteiger partial charge in [0.05, 0.1) is 26.4 Å². The molecular formula is C19H30N4O3. The predicted octanol–water partition coefficient (Wildman–Crippen LogP) is 1.03. The molecule has 2 aliphatic heterocycles. The molecule has 2 fully saturated rings. The largest absolute Gasteiger partial charge is 0.497 e. The van der Waals surface area contributed by atoms with Gasteiger partial charge in [-0.1, -0.05) is 12.1 Å². The van der Waals surface area contributed by atoms with Gasteiger partial charge >= 0.3 is 6.03 Å². The van der Waals surface area contributed by atoms with Crippen molar-refractivity contribution in [3.63, 3.8) is 0 Å². The zero-order chi connectivity index (χ0) is 18.4. The van der Waals surface area contributed by atoms with Crippen LogP contribution in [0.3, 0.4) is 0 Å². The molecule has 0 radical (unpaired) electrons. The first-order valence-corrected chi connectivity index (χ1v) is 9.34. The average Bonchev–Trinajstić information content (AvgIpc) is 2.70. The number of amides is 2. The van der Waals surface area contributed by atoms with Crippen molar-refractivity contribution in [3.8, 4) is 5.75 Å². The number of benzene rings is 1. The van der Waals surface area contributed by atoms with Gasteiger partial charge in [0.1, 0.15) is 5.75 Å². The van der Waals surface area contributed by atoms with E-state index in [0.717, 1.165) is 31.9 Å². The lowest BCUT2D eigenvalue weighted by Crippen LogP contribution is -2.51. The van der Waals surface area contributed by atoms with Crippen molar-refractivity contribution in [2.24, 2.45) is 0 Å². The molecule has 7 nitrogen and oxygen atoms in total. The van der Waals surface area contributed by atoms with E-state index in [0.29, 0.717) is 32.8 Å². The van der Waals surface area contributed by atoms with E-state index in [-0.39, 0.29) is 12.1 Å². The number of hydrogen-bond donors (Lipinski definition) is 1. The minimum Gasteiger partial charge on any atom is -0.497 e. The third-order valence-corrected chi connectivity index (χ3v) is 5.22. The molecule has 144 valence electrons. The molecule has 2 amide bonds. The molecule has 0 aliphatic carbocycles. The van der Waals surface area contributed by atoms with Gasteiger partial charge in [-0.05, 0) is 24.7 Å². The highest BCUT2D eigenvalue weighted by molar-refractivity contribution is 5.74. The number of hydrogen-bond acceptors (Lipinski definition) is 5. The second kappa shape index (κ2) is 9.21. The van der Waals surface area contributed by atoms with Crippen LogP contribution in [0.25, 0.3) is 0 Å². The Kier molecular flexibility index (Phi) is 6.71. The van der Waals surface area contributed by atoms with E-state index in [1.54, 1.807) is 7.11 Å². The Morgan fingerprint density at radius 2 is 1.77 bits per heavy atom. The zero-order valence-electron chi connectivity index (χ0n) is 15.8. The first kappa shape index (κ1) is 18.9. The summed E-state index contributed by atoms with van der Waals surface area (Å²) in [4.78, 5) is 19.1. The number of morpholine rings is 1. The van der Waals surface area contributed by atoms with Crippen LogP contribution in [0.1, 0.15) is 11.6 Å². The summed E-state index contributed by atoms with van der Waals surface area (Å²) in [5, 5.41) is 3.13. The molecule has 3 rings (SSSR count). The molecule has 1 unspecified atom stereocenters. The van der Waals surface area contributed by atoms with Crippen LogP contribution in [0.5, 0.6) is 5.75 Å². The smallest absolute Gasteiger partial charge is 0.317 e. The maximum atomic E-state index is 12.5. The van der Waals surface area contributed by atoms with E-state index in [9.17, 15) is 4.79 Å². The minimum absolute atomic E-state index is 0.000870. The summed E-state index contributed by atoms with van der Waals surface area (Å²) in [6, 6.07) is 8.34. The summed E-state index contributed by atoms with van der Waals surface area (Å²) in [5.74, 6) is 0.850. The standard InChI is InChI=1S/C19H30N4O3/c1-21-7-9-22(10-8-21)18(16-3-5-17(25-2)6-4-16)15-20-19(24)23-11-13-26-14-12-23/h3-6,18H,7-15H2,1-2H3,(H,20,24). The van der Waals surface area contributed by atoms with E-state index in [2.05, 4.69) is 34.3 Å². The van der Waals surface area contributed by atoms with Crippen LogP contribution in [-0.4, -0.2) is 93.9 Å². The summed E-state index contributed by atoms with van der Waals surface area (Å²) in [5.41, 5.74) is 1.21. The van der Waals surface area contributed by atoms with E-state index in [1.165, 1.54) is 5.56 Å². The van der Waals surface area contributed by atoms with Crippen molar-refractivity contribution < 1.29 is 14.3 Å². The lowest BCUT2D eigenvalue weighted by molar-refractivity contribution is 0.0520. The molecule has 1 N–H and O–H groups in total. The molecule has 0 spiro atoms. The van der Waals surface area contributed by atoms with Crippen molar-refractivity contribution in [2.45, 2.75) is 6.04 Å². The van der Waals surface area contributed by atoms with Crippen molar-refractivity contribution in [2.75, 3.05) is 73.2 Å². The van der Waals surface area contributed by atoms with Gasteiger partial charge in [0.25, 0.3) is 0 Å². The Hall–Kier alpha value is -1.83. The van der Waals surface area contributed by atoms with Gasteiger partial charge in [0, 0.05) is 45.8 Å². The molecule has 0 saturated carbocycles. The second-order valence-corrected chi connectivity index (χ2v) is 6.91. The van der Waals surface area contributed by atoms with Gasteiger partial charge in [-0.15, -0.1) is 0 Å². The fraction of sp³-hybridized carbons (Fsp3) is 0.632. The number of likely N-dealkylation sites (N-methyl/N-ethyl adjacent to an activating group) is 1. The molecule has 2 heterocycles. The molecule has 0 aromatic heterocycles. The Morgan fingerprint density at radius 3 is 2.38 bits per heavy atom. The predicted molar refractivity (Wildman–Crippen MR) is 101 cm³/mol. The Balaban J connectivity index is 1.66. The maximum absolute atomic E-state index is 12.5. The number of nitrogens with one attached hydrogen (secondary N) is 1. The van der Waals surface area contributed by atoms with Crippen molar-refractivity contribution in [3.05, 3.63) is 29.8 Å². The normalized spacial score (nSPS) is 20.6. The number of nitrogens with zero attached hydrogens (tertiary/aromatic N) is 3. The van der Waals surface area contributed by atoms with Gasteiger partial charge in [-0.2, -0.15) is 0 Å². The highest BCUT2D eigenvalue weighted by atomic mass is 16.5. The number of carbonyl (C=O) groups excluding carboxylic acids is 1. The van der Waals surface area contributed by atoms with Crippen LogP contribution in [-0.2, 0) is 4.74 Å². The molecule has 7 heteroatoms. The monoisotopic (exact) mass is 362 g/mol. The van der Waals surface area contributed by atoms with Crippen LogP contribution in [0.4, 0.5) is 4.79 Å². The van der Waals surface area contributed by atoms with Crippen LogP contribution in [0.2, 0.25) is 0 Å². The van der Waals surface area contributed by atoms with Crippen molar-refractivity contribution in [1.29, 1.82) is 0 Å². The Bertz CT molecular complexity index is 567. The van der Waals surface area contributed by atoms with Crippen molar-refractivity contribution >= 4 is 6.03 Å². The van der Waals surface area contributed by atoms with Gasteiger partial charge in [0.2, 0.25) is 0 Å². The highest BCUT2D eigenvalue weighted by Crippen LogP contribution is 2.24. The Morgan fingerprint density at radius 1 is 1.12 bits per heavy atom. The van der Waals surface area contributed by atoms with Gasteiger partial charge in [-0.25, -0.2) is 4.79 Å². The lowest BCUT2D eigenvalue weighted by atomic mass is 10.0. The fourth-order valence-electron chi connectivity index (χ4n) is 3.48. The third kappa shape index (κ3) is 4.87. The number of piperazine rings is 1. The molecule has 0 bridgehead atoms. The molecule has 1 aromatic rings. The molecule has 2 saturated heterocycles. The fourth-order valence-corrected chi connectivity index (χ4v) is 3.48. The molecule has 1 atom stereocenters. The van der Waals surface area contributed by atoms with E-state index < -0.39 is 0 Å². The summed E-state index contributed by atoms with van der Waals surface area (Å²) in [6.45, 7) is 7.25. The number of urea groups is 1. The first-order chi connectivity index (χ1) is 12.7. The van der Waals surface area contributed by atoms with Crippen LogP contribution in [0, 0.1) is 0 Å². The summed E-state index contributed by atoms with van der Waals surface area (Å²) in [6.07, 6.45) is 0. The maximum Gasteiger partial charge on any atom is 0.317 e. The van der Waals surface area contributed by atoms with Gasteiger partial charge in [0.15, 0.2) is 0 Å². The summed E-state index contributed by atoms with van der Waals surface area (Å²) >= 11 is 0. The highest BCUT2D eigenvalue weighted by Gasteiger charge is 2.25.